The van der Waals surface area contributed by atoms with Crippen molar-refractivity contribution in [3.63, 3.8) is 0 Å². The molecule has 3 fully saturated rings. The largest absolute Gasteiger partial charge is 0.355 e. The monoisotopic (exact) mass is 307 g/mol. The lowest BCUT2D eigenvalue weighted by Gasteiger charge is -2.19. The molecule has 2 saturated heterocycles. The Hall–Kier alpha value is -1.43. The zero-order valence-corrected chi connectivity index (χ0v) is 13.0. The second-order valence-electron chi connectivity index (χ2n) is 6.76. The van der Waals surface area contributed by atoms with Gasteiger partial charge in [0, 0.05) is 6.54 Å². The SMILES string of the molecule is O=C(CN1C(=O)C2CCCCC2C1=O)NCCC1CCNC1. The Kier molecular flexibility index (Phi) is 4.76. The van der Waals surface area contributed by atoms with Gasteiger partial charge in [0.2, 0.25) is 17.7 Å². The van der Waals surface area contributed by atoms with Crippen LogP contribution in [0.4, 0.5) is 0 Å². The van der Waals surface area contributed by atoms with Crippen LogP contribution < -0.4 is 10.6 Å². The Morgan fingerprint density at radius 3 is 2.41 bits per heavy atom. The highest BCUT2D eigenvalue weighted by Gasteiger charge is 2.48. The van der Waals surface area contributed by atoms with Gasteiger partial charge in [-0.3, -0.25) is 19.3 Å². The molecule has 3 unspecified atom stereocenters. The van der Waals surface area contributed by atoms with E-state index in [0.717, 1.165) is 51.6 Å². The summed E-state index contributed by atoms with van der Waals surface area (Å²) in [4.78, 5) is 37.8. The lowest BCUT2D eigenvalue weighted by Crippen LogP contribution is -2.41. The van der Waals surface area contributed by atoms with E-state index >= 15 is 0 Å². The first-order valence-corrected chi connectivity index (χ1v) is 8.49. The second-order valence-corrected chi connectivity index (χ2v) is 6.76. The molecule has 0 radical (unpaired) electrons. The van der Waals surface area contributed by atoms with Crippen LogP contribution in [0.15, 0.2) is 0 Å². The molecule has 3 rings (SSSR count). The molecule has 3 aliphatic rings. The highest BCUT2D eigenvalue weighted by atomic mass is 16.2. The van der Waals surface area contributed by atoms with Gasteiger partial charge in [-0.15, -0.1) is 0 Å². The molecule has 1 saturated carbocycles. The molecule has 6 nitrogen and oxygen atoms in total. The molecule has 22 heavy (non-hydrogen) atoms. The summed E-state index contributed by atoms with van der Waals surface area (Å²) in [6.07, 6.45) is 5.71. The molecule has 0 aromatic heterocycles. The van der Waals surface area contributed by atoms with Crippen molar-refractivity contribution in [1.29, 1.82) is 0 Å². The van der Waals surface area contributed by atoms with Crippen LogP contribution in [0.25, 0.3) is 0 Å². The summed E-state index contributed by atoms with van der Waals surface area (Å²) in [5.74, 6) is -0.198. The minimum absolute atomic E-state index is 0.104. The summed E-state index contributed by atoms with van der Waals surface area (Å²) in [7, 11) is 0. The lowest BCUT2D eigenvalue weighted by molar-refractivity contribution is -0.143. The van der Waals surface area contributed by atoms with E-state index in [9.17, 15) is 14.4 Å². The molecule has 2 heterocycles. The zero-order valence-electron chi connectivity index (χ0n) is 13.0. The van der Waals surface area contributed by atoms with Crippen LogP contribution >= 0.6 is 0 Å². The zero-order chi connectivity index (χ0) is 15.5. The summed E-state index contributed by atoms with van der Waals surface area (Å²) >= 11 is 0. The number of amides is 3. The normalized spacial score (nSPS) is 31.5. The summed E-state index contributed by atoms with van der Waals surface area (Å²) in [5.41, 5.74) is 0. The molecule has 0 aromatic carbocycles. The van der Waals surface area contributed by atoms with Gasteiger partial charge in [-0.1, -0.05) is 12.8 Å². The fraction of sp³-hybridized carbons (Fsp3) is 0.812. The molecule has 0 spiro atoms. The first-order chi connectivity index (χ1) is 10.7. The van der Waals surface area contributed by atoms with Crippen molar-refractivity contribution in [1.82, 2.24) is 15.5 Å². The molecule has 2 N–H and O–H groups in total. The van der Waals surface area contributed by atoms with E-state index in [-0.39, 0.29) is 36.1 Å². The fourth-order valence-electron chi connectivity index (χ4n) is 3.96. The Labute approximate surface area is 131 Å². The predicted molar refractivity (Wildman–Crippen MR) is 80.8 cm³/mol. The van der Waals surface area contributed by atoms with Gasteiger partial charge in [-0.2, -0.15) is 0 Å². The van der Waals surface area contributed by atoms with Crippen LogP contribution in [-0.2, 0) is 14.4 Å². The second kappa shape index (κ2) is 6.77. The van der Waals surface area contributed by atoms with Crippen LogP contribution in [0.1, 0.15) is 38.5 Å². The van der Waals surface area contributed by atoms with Gasteiger partial charge in [0.1, 0.15) is 6.54 Å². The van der Waals surface area contributed by atoms with Gasteiger partial charge >= 0.3 is 0 Å². The van der Waals surface area contributed by atoms with Crippen LogP contribution in [0.3, 0.4) is 0 Å². The number of imide groups is 1. The average molecular weight is 307 g/mol. The number of likely N-dealkylation sites (tertiary alicyclic amines) is 1. The highest BCUT2D eigenvalue weighted by Crippen LogP contribution is 2.37. The molecule has 0 aromatic rings. The molecule has 3 atom stereocenters. The van der Waals surface area contributed by atoms with Gasteiger partial charge in [-0.25, -0.2) is 0 Å². The minimum atomic E-state index is -0.216. The van der Waals surface area contributed by atoms with E-state index in [1.165, 1.54) is 4.90 Å². The molecule has 122 valence electrons. The van der Waals surface area contributed by atoms with E-state index < -0.39 is 0 Å². The predicted octanol–water partition coefficient (Wildman–Crippen LogP) is 0.277. The molecule has 2 aliphatic heterocycles. The smallest absolute Gasteiger partial charge is 0.240 e. The number of nitrogens with zero attached hydrogens (tertiary/aromatic N) is 1. The van der Waals surface area contributed by atoms with Crippen LogP contribution in [-0.4, -0.2) is 48.8 Å². The topological polar surface area (TPSA) is 78.5 Å². The van der Waals surface area contributed by atoms with Gasteiger partial charge in [0.25, 0.3) is 0 Å². The van der Waals surface area contributed by atoms with Crippen LogP contribution in [0.2, 0.25) is 0 Å². The van der Waals surface area contributed by atoms with Gasteiger partial charge in [-0.05, 0) is 44.7 Å². The number of hydrogen-bond donors (Lipinski definition) is 2. The van der Waals surface area contributed by atoms with Crippen molar-refractivity contribution < 1.29 is 14.4 Å². The maximum absolute atomic E-state index is 12.3. The Morgan fingerprint density at radius 1 is 1.14 bits per heavy atom. The molecule has 6 heteroatoms. The lowest BCUT2D eigenvalue weighted by atomic mass is 9.81. The van der Waals surface area contributed by atoms with E-state index in [0.29, 0.717) is 12.5 Å². The average Bonchev–Trinajstić information content (AvgIpc) is 3.11. The number of hydrogen-bond acceptors (Lipinski definition) is 4. The van der Waals surface area contributed by atoms with Crippen LogP contribution in [0.5, 0.6) is 0 Å². The summed E-state index contributed by atoms with van der Waals surface area (Å²) in [6.45, 7) is 2.59. The van der Waals surface area contributed by atoms with Gasteiger partial charge in [0.05, 0.1) is 11.8 Å². The van der Waals surface area contributed by atoms with Crippen molar-refractivity contribution in [3.8, 4) is 0 Å². The van der Waals surface area contributed by atoms with Crippen molar-refractivity contribution in [2.75, 3.05) is 26.2 Å². The Morgan fingerprint density at radius 2 is 1.82 bits per heavy atom. The first-order valence-electron chi connectivity index (χ1n) is 8.49. The molecular formula is C16H25N3O3. The summed E-state index contributed by atoms with van der Waals surface area (Å²) < 4.78 is 0. The number of fused-ring (bicyclic) bond motifs is 1. The third kappa shape index (κ3) is 3.16. The fourth-order valence-corrected chi connectivity index (χ4v) is 3.96. The van der Waals surface area contributed by atoms with Crippen molar-refractivity contribution in [3.05, 3.63) is 0 Å². The standard InChI is InChI=1S/C16H25N3O3/c20-14(18-8-6-11-5-7-17-9-11)10-19-15(21)12-3-1-2-4-13(12)16(19)22/h11-13,17H,1-10H2,(H,18,20). The number of carbonyl (C=O) groups is 3. The Balaban J connectivity index is 1.46. The minimum Gasteiger partial charge on any atom is -0.355 e. The van der Waals surface area contributed by atoms with Gasteiger partial charge in [0.15, 0.2) is 0 Å². The number of carbonyl (C=O) groups excluding carboxylic acids is 3. The van der Waals surface area contributed by atoms with Crippen molar-refractivity contribution in [2.45, 2.75) is 38.5 Å². The van der Waals surface area contributed by atoms with Crippen molar-refractivity contribution in [2.24, 2.45) is 17.8 Å². The third-order valence-electron chi connectivity index (χ3n) is 5.27. The summed E-state index contributed by atoms with van der Waals surface area (Å²) in [6, 6.07) is 0. The summed E-state index contributed by atoms with van der Waals surface area (Å²) in [5, 5.41) is 6.15. The third-order valence-corrected chi connectivity index (χ3v) is 5.27. The maximum atomic E-state index is 12.3. The quantitative estimate of drug-likeness (QED) is 0.715. The highest BCUT2D eigenvalue weighted by molar-refractivity contribution is 6.07. The number of nitrogens with one attached hydrogen (secondary N) is 2. The van der Waals surface area contributed by atoms with E-state index in [1.54, 1.807) is 0 Å². The Bertz CT molecular complexity index is 436. The molecule has 1 aliphatic carbocycles. The molecule has 0 bridgehead atoms. The van der Waals surface area contributed by atoms with Crippen LogP contribution in [0, 0.1) is 17.8 Å². The van der Waals surface area contributed by atoms with Gasteiger partial charge < -0.3 is 10.6 Å². The van der Waals surface area contributed by atoms with E-state index in [1.807, 2.05) is 0 Å². The first kappa shape index (κ1) is 15.5. The maximum Gasteiger partial charge on any atom is 0.240 e. The molecule has 3 amide bonds. The van der Waals surface area contributed by atoms with E-state index in [2.05, 4.69) is 10.6 Å². The number of rotatable bonds is 5. The van der Waals surface area contributed by atoms with E-state index in [4.69, 9.17) is 0 Å². The molecular weight excluding hydrogens is 282 g/mol. The van der Waals surface area contributed by atoms with Crippen molar-refractivity contribution >= 4 is 17.7 Å².